The molecule has 0 bridgehead atoms. The van der Waals surface area contributed by atoms with Crippen LogP contribution >= 0.6 is 15.9 Å². The molecule has 0 saturated carbocycles. The molecule has 80 heavy (non-hydrogen) atoms. The van der Waals surface area contributed by atoms with Crippen molar-refractivity contribution in [3.8, 4) is 56.8 Å². The van der Waals surface area contributed by atoms with E-state index in [1.807, 2.05) is 54.7 Å². The Bertz CT molecular complexity index is 2740. The zero-order chi connectivity index (χ0) is 58.1. The Hall–Kier alpha value is -5.33. The third-order valence-corrected chi connectivity index (χ3v) is 17.2. The van der Waals surface area contributed by atoms with Crippen LogP contribution in [0.25, 0.3) is 45.3 Å². The zero-order valence-corrected chi connectivity index (χ0v) is 54.0. The van der Waals surface area contributed by atoms with E-state index in [-0.39, 0.29) is 5.78 Å². The second-order valence-electron chi connectivity index (χ2n) is 24.3. The highest BCUT2D eigenvalue weighted by molar-refractivity contribution is 9.10. The molecule has 4 aromatic carbocycles. The molecule has 0 radical (unpaired) electrons. The normalized spacial score (nSPS) is 12.2. The molecule has 1 atom stereocenters. The SMILES string of the molecule is CCCCCCCOc1ccc(-c2cn(COCC[Si](C)(C)C)c(-c3ccc(Br)cc3)n2)cc1.CCCCCCCOc1ccc(-c2cn(COCC[Si](C)(C)C)c(-c3ccc(C[C@H](NC(=O)OC(C)(C)C)C(C)=O)cc3)n2)cc1. The zero-order valence-electron chi connectivity index (χ0n) is 50.4. The van der Waals surface area contributed by atoms with Gasteiger partial charge < -0.3 is 38.1 Å². The summed E-state index contributed by atoms with van der Waals surface area (Å²) in [6, 6.07) is 34.2. The van der Waals surface area contributed by atoms with Crippen LogP contribution in [0, 0.1) is 0 Å². The summed E-state index contributed by atoms with van der Waals surface area (Å²) in [5.74, 6) is 3.38. The lowest BCUT2D eigenvalue weighted by molar-refractivity contribution is -0.119. The van der Waals surface area contributed by atoms with E-state index in [1.165, 1.54) is 58.3 Å². The molecule has 12 nitrogen and oxygen atoms in total. The highest BCUT2D eigenvalue weighted by Crippen LogP contribution is 2.30. The van der Waals surface area contributed by atoms with Gasteiger partial charge in [-0.1, -0.05) is 157 Å². The summed E-state index contributed by atoms with van der Waals surface area (Å²) in [6.45, 7) is 29.4. The van der Waals surface area contributed by atoms with E-state index in [9.17, 15) is 9.59 Å². The Morgan fingerprint density at radius 1 is 0.562 bits per heavy atom. The summed E-state index contributed by atoms with van der Waals surface area (Å²) in [5.41, 5.74) is 6.18. The number of carbonyl (C=O) groups excluding carboxylic acids is 2. The Morgan fingerprint density at radius 2 is 0.963 bits per heavy atom. The predicted molar refractivity (Wildman–Crippen MR) is 338 cm³/mol. The average Bonchev–Trinajstić information content (AvgIpc) is 4.07. The smallest absolute Gasteiger partial charge is 0.408 e. The van der Waals surface area contributed by atoms with Crippen LogP contribution in [-0.2, 0) is 38.9 Å². The van der Waals surface area contributed by atoms with Crippen LogP contribution in [0.5, 0.6) is 11.5 Å². The van der Waals surface area contributed by atoms with Gasteiger partial charge in [0.1, 0.15) is 42.2 Å². The van der Waals surface area contributed by atoms with Crippen LogP contribution in [0.15, 0.2) is 114 Å². The van der Waals surface area contributed by atoms with E-state index in [0.717, 1.165) is 112 Å². The van der Waals surface area contributed by atoms with E-state index in [0.29, 0.717) is 26.5 Å². The van der Waals surface area contributed by atoms with Gasteiger partial charge in [-0.3, -0.25) is 4.79 Å². The fourth-order valence-electron chi connectivity index (χ4n) is 8.46. The first kappa shape index (κ1) is 65.5. The van der Waals surface area contributed by atoms with Gasteiger partial charge >= 0.3 is 6.09 Å². The lowest BCUT2D eigenvalue weighted by atomic mass is 10.0. The van der Waals surface area contributed by atoms with Crippen molar-refractivity contribution >= 4 is 44.0 Å². The monoisotopic (exact) mass is 1190 g/mol. The van der Waals surface area contributed by atoms with Gasteiger partial charge in [-0.05, 0) is 125 Å². The molecule has 436 valence electrons. The van der Waals surface area contributed by atoms with Crippen molar-refractivity contribution in [1.82, 2.24) is 24.4 Å². The van der Waals surface area contributed by atoms with Crippen LogP contribution in [0.1, 0.15) is 111 Å². The number of hydrogen-bond acceptors (Lipinski definition) is 9. The number of hydrogen-bond donors (Lipinski definition) is 1. The fourth-order valence-corrected chi connectivity index (χ4v) is 10.2. The second-order valence-corrected chi connectivity index (χ2v) is 36.5. The van der Waals surface area contributed by atoms with Crippen molar-refractivity contribution < 1.29 is 33.3 Å². The number of halogens is 1. The molecule has 0 aliphatic rings. The molecular weight excluding hydrogens is 1100 g/mol. The Balaban J connectivity index is 0.000000307. The number of amides is 1. The summed E-state index contributed by atoms with van der Waals surface area (Å²) in [5, 5.41) is 2.71. The fraction of sp³-hybridized carbons (Fsp3) is 0.508. The summed E-state index contributed by atoms with van der Waals surface area (Å²) in [7, 11) is -2.33. The second kappa shape index (κ2) is 32.9. The lowest BCUT2D eigenvalue weighted by Gasteiger charge is -2.22. The van der Waals surface area contributed by atoms with Crippen molar-refractivity contribution in [3.05, 3.63) is 119 Å². The Labute approximate surface area is 490 Å². The van der Waals surface area contributed by atoms with Crippen molar-refractivity contribution in [2.45, 2.75) is 189 Å². The summed E-state index contributed by atoms with van der Waals surface area (Å²) in [6.07, 6.45) is 16.2. The minimum atomic E-state index is -1.21. The number of aromatic nitrogens is 4. The molecule has 2 aromatic heterocycles. The third kappa shape index (κ3) is 24.4. The molecule has 0 spiro atoms. The summed E-state index contributed by atoms with van der Waals surface area (Å²) < 4.78 is 34.7. The number of Topliss-reactive ketones (excluding diaryl/α,β-unsaturated/α-hetero) is 1. The maximum absolute atomic E-state index is 12.3. The molecule has 1 N–H and O–H groups in total. The Morgan fingerprint density at radius 3 is 1.35 bits per heavy atom. The standard InChI is InChI=1S/C37H55N3O5Si.C28H39BrN2O2Si/c1-9-10-11-12-13-22-44-32-20-18-30(19-21-32)34-26-40(27-43-23-24-46(6,7)8)35(38-34)31-16-14-29(15-17-31)25-33(28(2)41)39-36(42)45-37(3,4)5;1-5-6-7-8-9-18-33-26-16-12-23(13-17-26)27-21-31(22-32-19-20-34(2,3)4)28(30-27)24-10-14-25(29)15-11-24/h14-21,26,33H,9-13,22-25,27H2,1-8H3,(H,39,42);10-17,21H,5-9,18-20,22H2,1-4H3/t33-;/m0./s1. The van der Waals surface area contributed by atoms with Crippen molar-refractivity contribution in [3.63, 3.8) is 0 Å². The highest BCUT2D eigenvalue weighted by Gasteiger charge is 2.23. The first-order valence-electron chi connectivity index (χ1n) is 29.2. The predicted octanol–water partition coefficient (Wildman–Crippen LogP) is 17.5. The average molecular weight is 1190 g/mol. The van der Waals surface area contributed by atoms with Gasteiger partial charge in [0, 0.05) is 68.5 Å². The Kier molecular flexibility index (Phi) is 27.0. The molecule has 1 amide bonds. The van der Waals surface area contributed by atoms with Crippen LogP contribution in [0.2, 0.25) is 51.4 Å². The van der Waals surface area contributed by atoms with Crippen molar-refractivity contribution in [1.29, 1.82) is 0 Å². The number of ether oxygens (including phenoxy) is 5. The number of rotatable bonds is 32. The van der Waals surface area contributed by atoms with E-state index >= 15 is 0 Å². The number of alkyl carbamates (subject to hydrolysis) is 1. The van der Waals surface area contributed by atoms with Gasteiger partial charge in [-0.2, -0.15) is 0 Å². The topological polar surface area (TPSA) is 128 Å². The van der Waals surface area contributed by atoms with E-state index < -0.39 is 33.9 Å². The molecule has 0 saturated heterocycles. The van der Waals surface area contributed by atoms with Gasteiger partial charge in [0.05, 0.1) is 30.6 Å². The van der Waals surface area contributed by atoms with E-state index in [4.69, 9.17) is 33.7 Å². The van der Waals surface area contributed by atoms with Crippen molar-refractivity contribution in [2.24, 2.45) is 0 Å². The van der Waals surface area contributed by atoms with Gasteiger partial charge in [0.2, 0.25) is 0 Å². The van der Waals surface area contributed by atoms with Crippen LogP contribution in [0.3, 0.4) is 0 Å². The van der Waals surface area contributed by atoms with Crippen LogP contribution in [0.4, 0.5) is 4.79 Å². The van der Waals surface area contributed by atoms with Gasteiger partial charge in [-0.15, -0.1) is 0 Å². The number of carbonyl (C=O) groups is 2. The maximum atomic E-state index is 12.3. The quantitative estimate of drug-likeness (QED) is 0.0324. The molecule has 0 fully saturated rings. The van der Waals surface area contributed by atoms with Gasteiger partial charge in [0.15, 0.2) is 5.78 Å². The molecule has 6 rings (SSSR count). The van der Waals surface area contributed by atoms with Crippen LogP contribution < -0.4 is 14.8 Å². The minimum Gasteiger partial charge on any atom is -0.494 e. The van der Waals surface area contributed by atoms with Gasteiger partial charge in [0.25, 0.3) is 0 Å². The van der Waals surface area contributed by atoms with Gasteiger partial charge in [-0.25, -0.2) is 14.8 Å². The molecule has 2 heterocycles. The van der Waals surface area contributed by atoms with E-state index in [2.05, 4.69) is 138 Å². The number of benzene rings is 4. The molecule has 6 aromatic rings. The van der Waals surface area contributed by atoms with Crippen LogP contribution in [-0.4, -0.2) is 85.2 Å². The molecule has 0 aliphatic heterocycles. The molecular formula is C65H94BrN5O7Si2. The number of unbranched alkanes of at least 4 members (excludes halogenated alkanes) is 8. The number of ketones is 1. The number of nitrogens with zero attached hydrogens (tertiary/aromatic N) is 4. The third-order valence-electron chi connectivity index (χ3n) is 13.3. The molecule has 0 unspecified atom stereocenters. The summed E-state index contributed by atoms with van der Waals surface area (Å²) in [4.78, 5) is 34.6. The number of nitrogens with one attached hydrogen (secondary N) is 1. The number of imidazole rings is 2. The maximum Gasteiger partial charge on any atom is 0.408 e. The van der Waals surface area contributed by atoms with E-state index in [1.54, 1.807) is 20.8 Å². The highest BCUT2D eigenvalue weighted by atomic mass is 79.9. The molecule has 15 heteroatoms. The molecule has 0 aliphatic carbocycles. The lowest BCUT2D eigenvalue weighted by Crippen LogP contribution is -2.43. The largest absolute Gasteiger partial charge is 0.494 e. The first-order valence-corrected chi connectivity index (χ1v) is 37.4. The minimum absolute atomic E-state index is 0.131. The van der Waals surface area contributed by atoms with Crippen molar-refractivity contribution in [2.75, 3.05) is 26.4 Å². The summed E-state index contributed by atoms with van der Waals surface area (Å²) >= 11 is 3.53. The first-order chi connectivity index (χ1) is 38.1.